The molecule has 10 atom stereocenters. The number of carboxylic acid groups (broad SMARTS) is 1. The summed E-state index contributed by atoms with van der Waals surface area (Å²) in [6.45, 7) is 16.2. The zero-order valence-corrected chi connectivity index (χ0v) is 22.5. The van der Waals surface area contributed by atoms with Crippen LogP contribution < -0.4 is 0 Å². The number of carbonyl (C=O) groups is 1. The Hall–Kier alpha value is -0.870. The van der Waals surface area contributed by atoms with Crippen LogP contribution in [-0.4, -0.2) is 27.1 Å². The van der Waals surface area contributed by atoms with Crippen LogP contribution >= 0.6 is 0 Å². The molecule has 0 heterocycles. The largest absolute Gasteiger partial charge is 0.481 e. The van der Waals surface area contributed by atoms with Gasteiger partial charge in [0.2, 0.25) is 0 Å². The van der Waals surface area contributed by atoms with Crippen molar-refractivity contribution in [2.24, 2.45) is 62.6 Å². The highest BCUT2D eigenvalue weighted by Gasteiger charge is 2.71. The molecule has 192 valence electrons. The Kier molecular flexibility index (Phi) is 5.20. The van der Waals surface area contributed by atoms with E-state index in [2.05, 4.69) is 60.6 Å². The van der Waals surface area contributed by atoms with Gasteiger partial charge in [0.15, 0.2) is 5.79 Å². The summed E-state index contributed by atoms with van der Waals surface area (Å²) in [5, 5.41) is 32.3. The van der Waals surface area contributed by atoms with Gasteiger partial charge in [0.05, 0.1) is 5.41 Å². The summed E-state index contributed by atoms with van der Waals surface area (Å²) < 4.78 is 0. The second-order valence-corrected chi connectivity index (χ2v) is 14.7. The molecule has 4 nitrogen and oxygen atoms in total. The Bertz CT molecular complexity index is 905. The molecule has 0 aromatic heterocycles. The molecule has 0 spiro atoms. The van der Waals surface area contributed by atoms with Gasteiger partial charge < -0.3 is 15.3 Å². The average Bonchev–Trinajstić information content (AvgIpc) is 2.74. The molecule has 0 bridgehead atoms. The van der Waals surface area contributed by atoms with Crippen molar-refractivity contribution in [1.82, 2.24) is 0 Å². The van der Waals surface area contributed by atoms with Crippen molar-refractivity contribution in [2.75, 3.05) is 0 Å². The molecule has 0 amide bonds. The summed E-state index contributed by atoms with van der Waals surface area (Å²) >= 11 is 0. The molecular weight excluding hydrogens is 424 g/mol. The SMILES string of the molecule is C[C@@H]1[C@H]2[C@H]3C=C[C@@H]4[C@@]5(C)CCC(O)(O)C(C)(C)C5CC[C@@]4(C)[C@]3(C)CC[C@@]2(C(=O)O)CC[C@H]1C. The van der Waals surface area contributed by atoms with Crippen molar-refractivity contribution in [2.45, 2.75) is 106 Å². The molecule has 1 unspecified atom stereocenters. The first-order valence-electron chi connectivity index (χ1n) is 13.9. The van der Waals surface area contributed by atoms with Crippen molar-refractivity contribution in [3.05, 3.63) is 12.2 Å². The van der Waals surface area contributed by atoms with E-state index in [4.69, 9.17) is 0 Å². The molecule has 5 aliphatic rings. The van der Waals surface area contributed by atoms with E-state index in [-0.39, 0.29) is 28.1 Å². The van der Waals surface area contributed by atoms with Crippen molar-refractivity contribution >= 4 is 5.97 Å². The second-order valence-electron chi connectivity index (χ2n) is 14.7. The quantitative estimate of drug-likeness (QED) is 0.311. The summed E-state index contributed by atoms with van der Waals surface area (Å²) in [5.41, 5.74) is -0.963. The minimum atomic E-state index is -1.62. The minimum Gasteiger partial charge on any atom is -0.481 e. The molecule has 4 saturated carbocycles. The molecule has 34 heavy (non-hydrogen) atoms. The van der Waals surface area contributed by atoms with E-state index < -0.39 is 22.6 Å². The van der Waals surface area contributed by atoms with E-state index >= 15 is 0 Å². The Labute approximate surface area is 206 Å². The van der Waals surface area contributed by atoms with Crippen molar-refractivity contribution in [3.63, 3.8) is 0 Å². The number of allylic oxidation sites excluding steroid dienone is 2. The van der Waals surface area contributed by atoms with Crippen LogP contribution in [0.3, 0.4) is 0 Å². The third-order valence-electron chi connectivity index (χ3n) is 13.7. The molecule has 3 N–H and O–H groups in total. The normalized spacial score (nSPS) is 55.3. The highest BCUT2D eigenvalue weighted by molar-refractivity contribution is 5.76. The van der Waals surface area contributed by atoms with E-state index in [1.54, 1.807) is 0 Å². The maximum absolute atomic E-state index is 12.8. The Morgan fingerprint density at radius 2 is 1.50 bits per heavy atom. The number of rotatable bonds is 1. The monoisotopic (exact) mass is 472 g/mol. The van der Waals surface area contributed by atoms with Crippen molar-refractivity contribution < 1.29 is 20.1 Å². The Morgan fingerprint density at radius 1 is 0.824 bits per heavy atom. The third kappa shape index (κ3) is 2.71. The molecule has 5 aliphatic carbocycles. The summed E-state index contributed by atoms with van der Waals surface area (Å²) in [6.07, 6.45) is 11.9. The number of aliphatic hydroxyl groups is 2. The van der Waals surface area contributed by atoms with Crippen LogP contribution in [0.4, 0.5) is 0 Å². The van der Waals surface area contributed by atoms with Gasteiger partial charge >= 0.3 is 5.97 Å². The third-order valence-corrected chi connectivity index (χ3v) is 13.7. The predicted octanol–water partition coefficient (Wildman–Crippen LogP) is 6.27. The number of carboxylic acids is 1. The molecule has 0 aromatic carbocycles. The van der Waals surface area contributed by atoms with Gasteiger partial charge in [-0.3, -0.25) is 4.79 Å². The molecule has 0 aromatic rings. The van der Waals surface area contributed by atoms with E-state index in [9.17, 15) is 20.1 Å². The molecule has 4 fully saturated rings. The van der Waals surface area contributed by atoms with Gasteiger partial charge in [-0.25, -0.2) is 0 Å². The number of hydrogen-bond acceptors (Lipinski definition) is 3. The standard InChI is InChI=1S/C30H48O4/c1-18-10-13-29(24(31)32)16-15-27(6)20(23(29)19(18)2)8-9-22-26(5)14-17-30(33,34)25(3,4)21(26)11-12-28(22,27)7/h8-9,18-23,33-34H,10-17H2,1-7H3,(H,31,32)/t18-,19+,20-,21?,22-,23+,26+,27-,28-,29+/m1/s1. The first-order chi connectivity index (χ1) is 15.6. The lowest BCUT2D eigenvalue weighted by atomic mass is 9.32. The molecule has 5 rings (SSSR count). The Balaban J connectivity index is 1.61. The maximum Gasteiger partial charge on any atom is 0.309 e. The number of hydrogen-bond donors (Lipinski definition) is 3. The van der Waals surface area contributed by atoms with Crippen LogP contribution in [0.15, 0.2) is 12.2 Å². The lowest BCUT2D eigenvalue weighted by Crippen LogP contribution is -2.68. The van der Waals surface area contributed by atoms with E-state index in [0.717, 1.165) is 44.9 Å². The van der Waals surface area contributed by atoms with Crippen LogP contribution in [-0.2, 0) is 4.79 Å². The number of fused-ring (bicyclic) bond motifs is 7. The fourth-order valence-electron chi connectivity index (χ4n) is 10.9. The summed E-state index contributed by atoms with van der Waals surface area (Å²) in [7, 11) is 0. The van der Waals surface area contributed by atoms with Gasteiger partial charge in [0.1, 0.15) is 0 Å². The second kappa shape index (κ2) is 7.12. The average molecular weight is 473 g/mol. The molecule has 4 heteroatoms. The predicted molar refractivity (Wildman–Crippen MR) is 134 cm³/mol. The van der Waals surface area contributed by atoms with Gasteiger partial charge in [-0.2, -0.15) is 0 Å². The summed E-state index contributed by atoms with van der Waals surface area (Å²) in [4.78, 5) is 12.8. The van der Waals surface area contributed by atoms with Crippen LogP contribution in [0.25, 0.3) is 0 Å². The van der Waals surface area contributed by atoms with E-state index in [0.29, 0.717) is 30.1 Å². The summed E-state index contributed by atoms with van der Waals surface area (Å²) in [5.74, 6) is -0.0928. The highest BCUT2D eigenvalue weighted by atomic mass is 16.5. The van der Waals surface area contributed by atoms with E-state index in [1.807, 2.05) is 0 Å². The zero-order chi connectivity index (χ0) is 25.1. The van der Waals surface area contributed by atoms with Crippen LogP contribution in [0.5, 0.6) is 0 Å². The van der Waals surface area contributed by atoms with Gasteiger partial charge in [-0.15, -0.1) is 0 Å². The number of aliphatic carboxylic acids is 1. The van der Waals surface area contributed by atoms with Crippen molar-refractivity contribution in [3.8, 4) is 0 Å². The summed E-state index contributed by atoms with van der Waals surface area (Å²) in [6, 6.07) is 0. The van der Waals surface area contributed by atoms with Crippen LogP contribution in [0.1, 0.15) is 99.8 Å². The fourth-order valence-corrected chi connectivity index (χ4v) is 10.9. The van der Waals surface area contributed by atoms with Gasteiger partial charge in [-0.05, 0) is 96.7 Å². The molecular formula is C30H48O4. The topological polar surface area (TPSA) is 77.8 Å². The molecule has 0 aliphatic heterocycles. The molecule has 0 saturated heterocycles. The Morgan fingerprint density at radius 3 is 2.15 bits per heavy atom. The van der Waals surface area contributed by atoms with Crippen LogP contribution in [0, 0.1) is 62.6 Å². The first kappa shape index (κ1) is 24.8. The first-order valence-corrected chi connectivity index (χ1v) is 13.9. The lowest BCUT2D eigenvalue weighted by Gasteiger charge is -2.72. The highest BCUT2D eigenvalue weighted by Crippen LogP contribution is 2.76. The van der Waals surface area contributed by atoms with E-state index in [1.165, 1.54) is 0 Å². The van der Waals surface area contributed by atoms with Crippen LogP contribution in [0.2, 0.25) is 0 Å². The molecule has 0 radical (unpaired) electrons. The van der Waals surface area contributed by atoms with Crippen molar-refractivity contribution in [1.29, 1.82) is 0 Å². The van der Waals surface area contributed by atoms with Gasteiger partial charge in [0, 0.05) is 11.8 Å². The van der Waals surface area contributed by atoms with Gasteiger partial charge in [0.25, 0.3) is 0 Å². The smallest absolute Gasteiger partial charge is 0.309 e. The zero-order valence-electron chi connectivity index (χ0n) is 22.5. The van der Waals surface area contributed by atoms with Gasteiger partial charge in [-0.1, -0.05) is 60.6 Å². The minimum absolute atomic E-state index is 0.0166. The lowest BCUT2D eigenvalue weighted by molar-refractivity contribution is -0.311. The fraction of sp³-hybridized carbons (Fsp3) is 0.900. The maximum atomic E-state index is 12.8.